The van der Waals surface area contributed by atoms with Gasteiger partial charge in [0.2, 0.25) is 10.0 Å². The molecule has 7 heteroatoms. The Bertz CT molecular complexity index is 552. The van der Waals surface area contributed by atoms with Gasteiger partial charge in [-0.05, 0) is 38.1 Å². The van der Waals surface area contributed by atoms with E-state index in [4.69, 9.17) is 23.2 Å². The van der Waals surface area contributed by atoms with Crippen molar-refractivity contribution in [2.24, 2.45) is 0 Å². The fraction of sp³-hybridized carbons (Fsp3) is 0.571. The van der Waals surface area contributed by atoms with Gasteiger partial charge in [0.25, 0.3) is 0 Å². The zero-order valence-corrected chi connectivity index (χ0v) is 14.1. The van der Waals surface area contributed by atoms with Crippen molar-refractivity contribution in [2.45, 2.75) is 25.0 Å². The standard InChI is InChI=1S/C14H20Cl2N2O2S/c15-13-5-4-6-14(16)12(13)11-21(19,20)17-7-10-18-8-2-1-3-9-18/h4-6,17H,1-3,7-11H2. The summed E-state index contributed by atoms with van der Waals surface area (Å²) in [6.45, 7) is 3.27. The van der Waals surface area contributed by atoms with Crippen LogP contribution in [-0.2, 0) is 15.8 Å². The molecule has 0 amide bonds. The highest BCUT2D eigenvalue weighted by Gasteiger charge is 2.17. The SMILES string of the molecule is O=S(=O)(Cc1c(Cl)cccc1Cl)NCCN1CCCCC1. The minimum atomic E-state index is -3.43. The molecule has 0 saturated carbocycles. The van der Waals surface area contributed by atoms with E-state index in [1.165, 1.54) is 19.3 Å². The second-order valence-electron chi connectivity index (χ2n) is 5.26. The minimum Gasteiger partial charge on any atom is -0.302 e. The van der Waals surface area contributed by atoms with Crippen molar-refractivity contribution >= 4 is 33.2 Å². The Kier molecular flexibility index (Phi) is 6.32. The first-order chi connectivity index (χ1) is 9.98. The van der Waals surface area contributed by atoms with Crippen LogP contribution in [0.15, 0.2) is 18.2 Å². The Balaban J connectivity index is 1.87. The number of hydrogen-bond donors (Lipinski definition) is 1. The minimum absolute atomic E-state index is 0.189. The molecule has 21 heavy (non-hydrogen) atoms. The zero-order chi connectivity index (χ0) is 15.3. The Hall–Kier alpha value is -0.330. The fourth-order valence-electron chi connectivity index (χ4n) is 2.45. The van der Waals surface area contributed by atoms with E-state index >= 15 is 0 Å². The van der Waals surface area contributed by atoms with Gasteiger partial charge in [-0.15, -0.1) is 0 Å². The molecule has 0 atom stereocenters. The van der Waals surface area contributed by atoms with Crippen molar-refractivity contribution in [3.05, 3.63) is 33.8 Å². The molecule has 118 valence electrons. The summed E-state index contributed by atoms with van der Waals surface area (Å²) in [6.07, 6.45) is 3.66. The van der Waals surface area contributed by atoms with Crippen LogP contribution in [0.3, 0.4) is 0 Å². The highest BCUT2D eigenvalue weighted by molar-refractivity contribution is 7.88. The average Bonchev–Trinajstić information content (AvgIpc) is 2.44. The third kappa shape index (κ3) is 5.42. The largest absolute Gasteiger partial charge is 0.302 e. The predicted octanol–water partition coefficient (Wildman–Crippen LogP) is 2.90. The summed E-state index contributed by atoms with van der Waals surface area (Å²) in [5.41, 5.74) is 0.450. The van der Waals surface area contributed by atoms with Gasteiger partial charge in [-0.2, -0.15) is 0 Å². The molecule has 0 spiro atoms. The molecule has 1 heterocycles. The first-order valence-corrected chi connectivity index (χ1v) is 9.51. The van der Waals surface area contributed by atoms with Gasteiger partial charge in [0, 0.05) is 28.7 Å². The third-order valence-electron chi connectivity index (χ3n) is 3.59. The van der Waals surface area contributed by atoms with Gasteiger partial charge in [0.05, 0.1) is 5.75 Å². The maximum absolute atomic E-state index is 12.1. The van der Waals surface area contributed by atoms with E-state index in [0.717, 1.165) is 19.6 Å². The summed E-state index contributed by atoms with van der Waals surface area (Å²) in [7, 11) is -3.43. The van der Waals surface area contributed by atoms with Gasteiger partial charge in [0.1, 0.15) is 0 Å². The van der Waals surface area contributed by atoms with E-state index in [2.05, 4.69) is 9.62 Å². The molecule has 1 aliphatic heterocycles. The summed E-state index contributed by atoms with van der Waals surface area (Å²) in [4.78, 5) is 2.29. The van der Waals surface area contributed by atoms with Crippen LogP contribution in [0.2, 0.25) is 10.0 Å². The lowest BCUT2D eigenvalue weighted by Gasteiger charge is -2.26. The first-order valence-electron chi connectivity index (χ1n) is 7.10. The van der Waals surface area contributed by atoms with Crippen LogP contribution in [0.1, 0.15) is 24.8 Å². The van der Waals surface area contributed by atoms with E-state index in [0.29, 0.717) is 22.2 Å². The number of nitrogens with zero attached hydrogens (tertiary/aromatic N) is 1. The lowest BCUT2D eigenvalue weighted by molar-refractivity contribution is 0.232. The van der Waals surface area contributed by atoms with E-state index in [1.54, 1.807) is 18.2 Å². The van der Waals surface area contributed by atoms with Crippen LogP contribution in [0.5, 0.6) is 0 Å². The first kappa shape index (κ1) is 17.0. The van der Waals surface area contributed by atoms with Gasteiger partial charge >= 0.3 is 0 Å². The van der Waals surface area contributed by atoms with Gasteiger partial charge in [0.15, 0.2) is 0 Å². The summed E-state index contributed by atoms with van der Waals surface area (Å²) < 4.78 is 26.8. The Morgan fingerprint density at radius 2 is 1.71 bits per heavy atom. The summed E-state index contributed by atoms with van der Waals surface area (Å²) in [6, 6.07) is 4.99. The number of hydrogen-bond acceptors (Lipinski definition) is 3. The van der Waals surface area contributed by atoms with Crippen LogP contribution in [-0.4, -0.2) is 39.5 Å². The van der Waals surface area contributed by atoms with Crippen molar-refractivity contribution in [3.63, 3.8) is 0 Å². The molecule has 0 radical (unpaired) electrons. The second-order valence-corrected chi connectivity index (χ2v) is 7.88. The number of halogens is 2. The second kappa shape index (κ2) is 7.79. The molecule has 1 aromatic rings. The topological polar surface area (TPSA) is 49.4 Å². The Labute approximate surface area is 136 Å². The third-order valence-corrected chi connectivity index (χ3v) is 5.62. The van der Waals surface area contributed by atoms with E-state index in [-0.39, 0.29) is 5.75 Å². The Morgan fingerprint density at radius 3 is 2.33 bits per heavy atom. The lowest BCUT2D eigenvalue weighted by Crippen LogP contribution is -2.38. The molecular weight excluding hydrogens is 331 g/mol. The number of rotatable bonds is 6. The van der Waals surface area contributed by atoms with Crippen molar-refractivity contribution in [3.8, 4) is 0 Å². The predicted molar refractivity (Wildman–Crippen MR) is 87.4 cm³/mol. The van der Waals surface area contributed by atoms with Crippen molar-refractivity contribution in [2.75, 3.05) is 26.2 Å². The molecule has 0 bridgehead atoms. The molecule has 1 aliphatic rings. The molecule has 1 fully saturated rings. The van der Waals surface area contributed by atoms with Crippen LogP contribution >= 0.6 is 23.2 Å². The normalized spacial score (nSPS) is 17.0. The summed E-state index contributed by atoms with van der Waals surface area (Å²) in [5.74, 6) is -0.189. The van der Waals surface area contributed by atoms with Crippen molar-refractivity contribution in [1.29, 1.82) is 0 Å². The molecule has 0 unspecified atom stereocenters. The van der Waals surface area contributed by atoms with E-state index in [1.807, 2.05) is 0 Å². The summed E-state index contributed by atoms with van der Waals surface area (Å²) >= 11 is 12.0. The molecule has 0 aromatic heterocycles. The quantitative estimate of drug-likeness (QED) is 0.857. The molecular formula is C14H20Cl2N2O2S. The smallest absolute Gasteiger partial charge is 0.215 e. The molecule has 4 nitrogen and oxygen atoms in total. The maximum atomic E-state index is 12.1. The van der Waals surface area contributed by atoms with Gasteiger partial charge in [-0.1, -0.05) is 35.7 Å². The van der Waals surface area contributed by atoms with E-state index < -0.39 is 10.0 Å². The van der Waals surface area contributed by atoms with Crippen molar-refractivity contribution in [1.82, 2.24) is 9.62 Å². The number of piperidine rings is 1. The van der Waals surface area contributed by atoms with E-state index in [9.17, 15) is 8.42 Å². The van der Waals surface area contributed by atoms with Gasteiger partial charge in [-0.3, -0.25) is 0 Å². The van der Waals surface area contributed by atoms with Crippen LogP contribution in [0.25, 0.3) is 0 Å². The molecule has 1 N–H and O–H groups in total. The average molecular weight is 351 g/mol. The van der Waals surface area contributed by atoms with Crippen LogP contribution in [0, 0.1) is 0 Å². The highest BCUT2D eigenvalue weighted by Crippen LogP contribution is 2.25. The van der Waals surface area contributed by atoms with Crippen molar-refractivity contribution < 1.29 is 8.42 Å². The van der Waals surface area contributed by atoms with Crippen LogP contribution < -0.4 is 4.72 Å². The van der Waals surface area contributed by atoms with Crippen LogP contribution in [0.4, 0.5) is 0 Å². The highest BCUT2D eigenvalue weighted by atomic mass is 35.5. The number of sulfonamides is 1. The monoisotopic (exact) mass is 350 g/mol. The number of nitrogens with one attached hydrogen (secondary N) is 1. The molecule has 1 aromatic carbocycles. The maximum Gasteiger partial charge on any atom is 0.215 e. The number of benzene rings is 1. The summed E-state index contributed by atoms with van der Waals surface area (Å²) in [5, 5.41) is 0.757. The molecule has 2 rings (SSSR count). The molecule has 1 saturated heterocycles. The Morgan fingerprint density at radius 1 is 1.10 bits per heavy atom. The lowest BCUT2D eigenvalue weighted by atomic mass is 10.1. The van der Waals surface area contributed by atoms with Gasteiger partial charge < -0.3 is 4.90 Å². The fourth-order valence-corrected chi connectivity index (χ4v) is 4.34. The van der Waals surface area contributed by atoms with Gasteiger partial charge in [-0.25, -0.2) is 13.1 Å². The molecule has 0 aliphatic carbocycles. The zero-order valence-electron chi connectivity index (χ0n) is 11.8. The number of likely N-dealkylation sites (tertiary alicyclic amines) is 1.